The summed E-state index contributed by atoms with van der Waals surface area (Å²) in [6.07, 6.45) is -3.31. The molecule has 0 amide bonds. The second kappa shape index (κ2) is 5.28. The Hall–Kier alpha value is -2.44. The topological polar surface area (TPSA) is 63.1 Å². The molecule has 0 aliphatic carbocycles. The van der Waals surface area contributed by atoms with E-state index in [1.165, 1.54) is 30.5 Å². The molecule has 2 aromatic rings. The molecule has 0 aliphatic rings. The van der Waals surface area contributed by atoms with Crippen molar-refractivity contribution in [1.82, 2.24) is 10.2 Å². The molecule has 0 spiro atoms. The van der Waals surface area contributed by atoms with Gasteiger partial charge in [-0.2, -0.15) is 23.4 Å². The van der Waals surface area contributed by atoms with Crippen LogP contribution in [0.5, 0.6) is 0 Å². The molecular weight excluding hydrogens is 273 g/mol. The van der Waals surface area contributed by atoms with Gasteiger partial charge in [-0.15, -0.1) is 0 Å². The van der Waals surface area contributed by atoms with Crippen LogP contribution in [-0.4, -0.2) is 21.3 Å². The predicted octanol–water partition coefficient (Wildman–Crippen LogP) is 2.71. The number of hydrogen-bond donors (Lipinski definition) is 1. The van der Waals surface area contributed by atoms with Gasteiger partial charge in [0.15, 0.2) is 0 Å². The lowest BCUT2D eigenvalue weighted by Crippen LogP contribution is -2.20. The second-order valence-electron chi connectivity index (χ2n) is 4.00. The summed E-state index contributed by atoms with van der Waals surface area (Å²) in [6.45, 7) is 0. The molecule has 4 nitrogen and oxygen atoms in total. The number of halogens is 3. The van der Waals surface area contributed by atoms with Crippen LogP contribution in [0.4, 0.5) is 13.2 Å². The molecule has 1 unspecified atom stereocenters. The van der Waals surface area contributed by atoms with E-state index in [2.05, 4.69) is 10.2 Å². The van der Waals surface area contributed by atoms with Crippen molar-refractivity contribution in [3.63, 3.8) is 0 Å². The lowest BCUT2D eigenvalue weighted by molar-refractivity contribution is -0.140. The minimum atomic E-state index is -4.63. The number of carboxylic acid groups (broad SMARTS) is 1. The van der Waals surface area contributed by atoms with Crippen LogP contribution >= 0.6 is 0 Å². The van der Waals surface area contributed by atoms with Crippen LogP contribution in [0, 0.1) is 0 Å². The van der Waals surface area contributed by atoms with Crippen LogP contribution in [0.3, 0.4) is 0 Å². The van der Waals surface area contributed by atoms with Gasteiger partial charge < -0.3 is 5.11 Å². The third-order valence-electron chi connectivity index (χ3n) is 2.71. The van der Waals surface area contributed by atoms with Gasteiger partial charge in [-0.25, -0.2) is 0 Å². The first-order chi connectivity index (χ1) is 9.41. The first kappa shape index (κ1) is 14.0. The smallest absolute Gasteiger partial charge is 0.416 e. The molecule has 0 saturated heterocycles. The van der Waals surface area contributed by atoms with Gasteiger partial charge in [-0.3, -0.25) is 4.79 Å². The molecule has 0 aliphatic heterocycles. The van der Waals surface area contributed by atoms with Gasteiger partial charge in [0.05, 0.1) is 11.3 Å². The third-order valence-corrected chi connectivity index (χ3v) is 2.71. The van der Waals surface area contributed by atoms with Crippen LogP contribution in [0.25, 0.3) is 0 Å². The van der Waals surface area contributed by atoms with Crippen molar-refractivity contribution in [2.24, 2.45) is 0 Å². The summed E-state index contributed by atoms with van der Waals surface area (Å²) in [5.41, 5.74) is -1.39. The largest absolute Gasteiger partial charge is 0.480 e. The SMILES string of the molecule is O=C(O)C(c1cccnn1)c1ccccc1C(F)(F)F. The summed E-state index contributed by atoms with van der Waals surface area (Å²) in [5.74, 6) is -2.93. The number of carbonyl (C=O) groups is 1. The number of aliphatic carboxylic acids is 1. The van der Waals surface area contributed by atoms with E-state index in [1.807, 2.05) is 0 Å². The Kier molecular flexibility index (Phi) is 3.69. The minimum Gasteiger partial charge on any atom is -0.480 e. The van der Waals surface area contributed by atoms with E-state index in [-0.39, 0.29) is 11.3 Å². The maximum absolute atomic E-state index is 13.0. The molecule has 0 radical (unpaired) electrons. The van der Waals surface area contributed by atoms with E-state index in [9.17, 15) is 23.1 Å². The van der Waals surface area contributed by atoms with Gasteiger partial charge in [-0.1, -0.05) is 18.2 Å². The predicted molar refractivity (Wildman–Crippen MR) is 63.0 cm³/mol. The van der Waals surface area contributed by atoms with Crippen molar-refractivity contribution in [2.75, 3.05) is 0 Å². The van der Waals surface area contributed by atoms with Crippen molar-refractivity contribution < 1.29 is 23.1 Å². The summed E-state index contributed by atoms with van der Waals surface area (Å²) in [6, 6.07) is 7.31. The highest BCUT2D eigenvalue weighted by Gasteiger charge is 2.37. The van der Waals surface area contributed by atoms with Gasteiger partial charge in [-0.05, 0) is 23.8 Å². The summed E-state index contributed by atoms with van der Waals surface area (Å²) in [4.78, 5) is 11.3. The van der Waals surface area contributed by atoms with Crippen LogP contribution < -0.4 is 0 Å². The zero-order valence-electron chi connectivity index (χ0n) is 10.0. The standard InChI is InChI=1S/C13H9F3N2O2/c14-13(15,16)9-5-2-1-4-8(9)11(12(19)20)10-6-3-7-17-18-10/h1-7,11H,(H,19,20). The summed E-state index contributed by atoms with van der Waals surface area (Å²) >= 11 is 0. The molecule has 0 fully saturated rings. The van der Waals surface area contributed by atoms with Crippen molar-refractivity contribution in [3.05, 3.63) is 59.4 Å². The van der Waals surface area contributed by atoms with Crippen LogP contribution in [0.1, 0.15) is 22.7 Å². The van der Waals surface area contributed by atoms with Gasteiger partial charge in [0.2, 0.25) is 0 Å². The first-order valence-corrected chi connectivity index (χ1v) is 5.58. The zero-order chi connectivity index (χ0) is 14.8. The quantitative estimate of drug-likeness (QED) is 0.940. The van der Waals surface area contributed by atoms with E-state index >= 15 is 0 Å². The van der Waals surface area contributed by atoms with Gasteiger partial charge in [0.25, 0.3) is 0 Å². The Bertz CT molecular complexity index is 615. The second-order valence-corrected chi connectivity index (χ2v) is 4.00. The molecule has 1 heterocycles. The molecule has 2 rings (SSSR count). The molecule has 20 heavy (non-hydrogen) atoms. The van der Waals surface area contributed by atoms with Crippen LogP contribution in [0.2, 0.25) is 0 Å². The molecule has 104 valence electrons. The fourth-order valence-corrected chi connectivity index (χ4v) is 1.89. The van der Waals surface area contributed by atoms with Gasteiger partial charge in [0, 0.05) is 6.20 Å². The first-order valence-electron chi connectivity index (χ1n) is 5.58. The lowest BCUT2D eigenvalue weighted by Gasteiger charge is -2.17. The van der Waals surface area contributed by atoms with E-state index in [0.717, 1.165) is 12.1 Å². The number of alkyl halides is 3. The average Bonchev–Trinajstić information content (AvgIpc) is 2.39. The number of carboxylic acids is 1. The highest BCUT2D eigenvalue weighted by atomic mass is 19.4. The fourth-order valence-electron chi connectivity index (χ4n) is 1.89. The number of rotatable bonds is 3. The number of nitrogens with zero attached hydrogens (tertiary/aromatic N) is 2. The normalized spacial score (nSPS) is 12.9. The van der Waals surface area contributed by atoms with Crippen molar-refractivity contribution >= 4 is 5.97 Å². The molecule has 0 saturated carbocycles. The van der Waals surface area contributed by atoms with Crippen molar-refractivity contribution in [3.8, 4) is 0 Å². The highest BCUT2D eigenvalue weighted by Crippen LogP contribution is 2.36. The molecule has 1 aromatic carbocycles. The number of benzene rings is 1. The third kappa shape index (κ3) is 2.76. The Morgan fingerprint density at radius 1 is 1.15 bits per heavy atom. The van der Waals surface area contributed by atoms with E-state index < -0.39 is 23.6 Å². The average molecular weight is 282 g/mol. The molecule has 1 aromatic heterocycles. The Morgan fingerprint density at radius 3 is 2.40 bits per heavy atom. The maximum atomic E-state index is 13.0. The van der Waals surface area contributed by atoms with Crippen LogP contribution in [-0.2, 0) is 11.0 Å². The molecular formula is C13H9F3N2O2. The number of hydrogen-bond acceptors (Lipinski definition) is 3. The zero-order valence-corrected chi connectivity index (χ0v) is 10.0. The van der Waals surface area contributed by atoms with E-state index in [4.69, 9.17) is 0 Å². The van der Waals surface area contributed by atoms with E-state index in [0.29, 0.717) is 0 Å². The highest BCUT2D eigenvalue weighted by molar-refractivity contribution is 5.80. The monoisotopic (exact) mass is 282 g/mol. The molecule has 1 atom stereocenters. The van der Waals surface area contributed by atoms with Gasteiger partial charge in [0.1, 0.15) is 5.92 Å². The minimum absolute atomic E-state index is 0.0447. The van der Waals surface area contributed by atoms with Gasteiger partial charge >= 0.3 is 12.1 Å². The Balaban J connectivity index is 2.60. The molecule has 0 bridgehead atoms. The van der Waals surface area contributed by atoms with E-state index in [1.54, 1.807) is 0 Å². The fraction of sp³-hybridized carbons (Fsp3) is 0.154. The summed E-state index contributed by atoms with van der Waals surface area (Å²) in [5, 5.41) is 16.3. The Labute approximate surface area is 111 Å². The van der Waals surface area contributed by atoms with Crippen molar-refractivity contribution in [2.45, 2.75) is 12.1 Å². The Morgan fingerprint density at radius 2 is 1.85 bits per heavy atom. The molecule has 1 N–H and O–H groups in total. The van der Waals surface area contributed by atoms with Crippen molar-refractivity contribution in [1.29, 1.82) is 0 Å². The molecule has 7 heteroatoms. The number of aromatic nitrogens is 2. The summed E-state index contributed by atoms with van der Waals surface area (Å²) in [7, 11) is 0. The van der Waals surface area contributed by atoms with Crippen LogP contribution in [0.15, 0.2) is 42.6 Å². The maximum Gasteiger partial charge on any atom is 0.416 e. The summed E-state index contributed by atoms with van der Waals surface area (Å²) < 4.78 is 38.9. The lowest BCUT2D eigenvalue weighted by atomic mass is 9.91.